The number of benzene rings is 2. The van der Waals surface area contributed by atoms with Gasteiger partial charge in [-0.25, -0.2) is 5.01 Å². The number of likely N-dealkylation sites (N-methyl/N-ethyl adjacent to an activating group) is 1. The second-order valence-electron chi connectivity index (χ2n) is 6.99. The van der Waals surface area contributed by atoms with Crippen LogP contribution in [-0.4, -0.2) is 43.8 Å². The predicted molar refractivity (Wildman–Crippen MR) is 111 cm³/mol. The zero-order chi connectivity index (χ0) is 19.5. The van der Waals surface area contributed by atoms with E-state index in [0.717, 1.165) is 31.1 Å². The van der Waals surface area contributed by atoms with Crippen molar-refractivity contribution in [3.8, 4) is 11.5 Å². The lowest BCUT2D eigenvalue weighted by Gasteiger charge is -2.31. The number of methoxy groups -OCH3 is 1. The third-order valence-corrected chi connectivity index (χ3v) is 5.23. The number of hydrazine groups is 1. The van der Waals surface area contributed by atoms with Gasteiger partial charge < -0.3 is 19.8 Å². The summed E-state index contributed by atoms with van der Waals surface area (Å²) in [6.45, 7) is 2.98. The summed E-state index contributed by atoms with van der Waals surface area (Å²) >= 11 is 5.98. The highest BCUT2D eigenvalue weighted by Crippen LogP contribution is 2.29. The van der Waals surface area contributed by atoms with Gasteiger partial charge in [-0.05, 0) is 48.0 Å². The van der Waals surface area contributed by atoms with Crippen LogP contribution in [0.5, 0.6) is 11.5 Å². The Hall–Kier alpha value is -2.63. The number of rotatable bonds is 6. The number of nitrogens with zero attached hydrogens (tertiary/aromatic N) is 2. The Morgan fingerprint density at radius 3 is 2.71 bits per heavy atom. The molecule has 4 rings (SSSR count). The third kappa shape index (κ3) is 4.11. The summed E-state index contributed by atoms with van der Waals surface area (Å²) in [5, 5.41) is 2.80. The van der Waals surface area contributed by atoms with Crippen molar-refractivity contribution >= 4 is 11.6 Å². The van der Waals surface area contributed by atoms with Crippen molar-refractivity contribution in [2.45, 2.75) is 6.54 Å². The minimum atomic E-state index is 0.508. The number of fused-ring (bicyclic) bond motifs is 1. The van der Waals surface area contributed by atoms with E-state index in [4.69, 9.17) is 21.1 Å². The summed E-state index contributed by atoms with van der Waals surface area (Å²) in [5.74, 6) is 1.69. The minimum absolute atomic E-state index is 0.508. The average molecular weight is 398 g/mol. The van der Waals surface area contributed by atoms with Crippen molar-refractivity contribution in [1.29, 1.82) is 0 Å². The smallest absolute Gasteiger partial charge is 0.128 e. The molecule has 0 aromatic heterocycles. The van der Waals surface area contributed by atoms with Gasteiger partial charge in [0.05, 0.1) is 18.5 Å². The van der Waals surface area contributed by atoms with Crippen LogP contribution < -0.4 is 14.9 Å². The summed E-state index contributed by atoms with van der Waals surface area (Å²) in [6, 6.07) is 15.7. The highest BCUT2D eigenvalue weighted by molar-refractivity contribution is 6.30. The van der Waals surface area contributed by atoms with Crippen LogP contribution in [0.25, 0.3) is 0 Å². The fourth-order valence-electron chi connectivity index (χ4n) is 3.57. The summed E-state index contributed by atoms with van der Waals surface area (Å²) in [6.07, 6.45) is 2.24. The van der Waals surface area contributed by atoms with Gasteiger partial charge in [-0.1, -0.05) is 23.7 Å². The molecule has 6 heteroatoms. The lowest BCUT2D eigenvalue weighted by molar-refractivity contribution is 0.268. The van der Waals surface area contributed by atoms with Crippen molar-refractivity contribution < 1.29 is 9.47 Å². The van der Waals surface area contributed by atoms with Crippen molar-refractivity contribution in [3.05, 3.63) is 82.2 Å². The number of nitrogens with one attached hydrogen (secondary N) is 1. The van der Waals surface area contributed by atoms with Gasteiger partial charge in [-0.3, -0.25) is 0 Å². The van der Waals surface area contributed by atoms with Gasteiger partial charge in [0.2, 0.25) is 0 Å². The first-order chi connectivity index (χ1) is 13.6. The zero-order valence-corrected chi connectivity index (χ0v) is 16.9. The molecule has 0 spiro atoms. The molecule has 0 atom stereocenters. The molecule has 2 heterocycles. The van der Waals surface area contributed by atoms with Gasteiger partial charge >= 0.3 is 0 Å². The Kier molecular flexibility index (Phi) is 5.46. The summed E-state index contributed by atoms with van der Waals surface area (Å²) in [7, 11) is 3.75. The van der Waals surface area contributed by atoms with Crippen LogP contribution in [0.15, 0.2) is 71.6 Å². The highest BCUT2D eigenvalue weighted by atomic mass is 35.5. The van der Waals surface area contributed by atoms with E-state index in [1.165, 1.54) is 22.5 Å². The molecule has 1 fully saturated rings. The summed E-state index contributed by atoms with van der Waals surface area (Å²) in [4.78, 5) is 2.37. The standard InChI is InChI=1S/C22H24ClN3O2/c1-25-14-20-21(24-25)10-11-26(13-16-4-3-5-19(12-16)27-2)22(20)15-28-18-8-6-17(23)7-9-18/h3-10,12,24H,11,13-15H2,1-2H3. The van der Waals surface area contributed by atoms with Crippen molar-refractivity contribution in [2.75, 3.05) is 33.9 Å². The van der Waals surface area contributed by atoms with E-state index in [1.54, 1.807) is 7.11 Å². The van der Waals surface area contributed by atoms with Crippen molar-refractivity contribution in [1.82, 2.24) is 15.3 Å². The monoisotopic (exact) mass is 397 g/mol. The maximum Gasteiger partial charge on any atom is 0.128 e. The molecule has 0 amide bonds. The largest absolute Gasteiger partial charge is 0.497 e. The molecular formula is C22H24ClN3O2. The molecule has 0 radical (unpaired) electrons. The molecule has 146 valence electrons. The average Bonchev–Trinajstić information content (AvgIpc) is 3.09. The molecular weight excluding hydrogens is 374 g/mol. The SMILES string of the molecule is COc1cccc(CN2CC=C3NN(C)CC3=C2COc2ccc(Cl)cc2)c1. The molecule has 2 aliphatic rings. The number of hydrogen-bond donors (Lipinski definition) is 1. The quantitative estimate of drug-likeness (QED) is 0.801. The Balaban J connectivity index is 1.57. The van der Waals surface area contributed by atoms with Crippen LogP contribution in [0.4, 0.5) is 0 Å². The van der Waals surface area contributed by atoms with E-state index >= 15 is 0 Å². The van der Waals surface area contributed by atoms with Gasteiger partial charge in [0.1, 0.15) is 18.1 Å². The Labute approximate surface area is 170 Å². The van der Waals surface area contributed by atoms with E-state index in [2.05, 4.69) is 40.6 Å². The lowest BCUT2D eigenvalue weighted by Crippen LogP contribution is -2.31. The molecule has 0 bridgehead atoms. The van der Waals surface area contributed by atoms with Gasteiger partial charge in [0.15, 0.2) is 0 Å². The molecule has 0 saturated carbocycles. The Morgan fingerprint density at radius 2 is 1.93 bits per heavy atom. The summed E-state index contributed by atoms with van der Waals surface area (Å²) in [5.41, 5.74) is 8.28. The molecule has 1 N–H and O–H groups in total. The third-order valence-electron chi connectivity index (χ3n) is 4.97. The molecule has 2 aromatic rings. The highest BCUT2D eigenvalue weighted by Gasteiger charge is 2.28. The second-order valence-corrected chi connectivity index (χ2v) is 7.42. The Morgan fingerprint density at radius 1 is 1.11 bits per heavy atom. The van der Waals surface area contributed by atoms with E-state index in [1.807, 2.05) is 36.4 Å². The number of ether oxygens (including phenoxy) is 2. The zero-order valence-electron chi connectivity index (χ0n) is 16.1. The molecule has 5 nitrogen and oxygen atoms in total. The van der Waals surface area contributed by atoms with E-state index in [9.17, 15) is 0 Å². The molecule has 0 unspecified atom stereocenters. The lowest BCUT2D eigenvalue weighted by atomic mass is 10.1. The molecule has 0 aliphatic carbocycles. The van der Waals surface area contributed by atoms with Gasteiger partial charge in [0, 0.05) is 37.3 Å². The predicted octanol–water partition coefficient (Wildman–Crippen LogP) is 3.83. The second kappa shape index (κ2) is 8.17. The van der Waals surface area contributed by atoms with E-state index in [-0.39, 0.29) is 0 Å². The topological polar surface area (TPSA) is 37.0 Å². The van der Waals surface area contributed by atoms with Gasteiger partial charge in [-0.15, -0.1) is 0 Å². The van der Waals surface area contributed by atoms with Crippen LogP contribution in [0.2, 0.25) is 5.02 Å². The van der Waals surface area contributed by atoms with Crippen LogP contribution in [0, 0.1) is 0 Å². The van der Waals surface area contributed by atoms with Gasteiger partial charge in [-0.2, -0.15) is 0 Å². The minimum Gasteiger partial charge on any atom is -0.497 e. The first-order valence-electron chi connectivity index (χ1n) is 9.29. The van der Waals surface area contributed by atoms with E-state index < -0.39 is 0 Å². The molecule has 1 saturated heterocycles. The summed E-state index contributed by atoms with van der Waals surface area (Å²) < 4.78 is 11.5. The maximum atomic E-state index is 6.10. The fourth-order valence-corrected chi connectivity index (χ4v) is 3.69. The van der Waals surface area contributed by atoms with Crippen LogP contribution in [0.1, 0.15) is 5.56 Å². The van der Waals surface area contributed by atoms with Crippen molar-refractivity contribution in [3.63, 3.8) is 0 Å². The van der Waals surface area contributed by atoms with Gasteiger partial charge in [0.25, 0.3) is 0 Å². The van der Waals surface area contributed by atoms with E-state index in [0.29, 0.717) is 11.6 Å². The Bertz CT molecular complexity index is 908. The first kappa shape index (κ1) is 18.7. The molecule has 2 aliphatic heterocycles. The van der Waals surface area contributed by atoms with Crippen LogP contribution >= 0.6 is 11.6 Å². The fraction of sp³-hybridized carbons (Fsp3) is 0.273. The number of hydrogen-bond acceptors (Lipinski definition) is 5. The van der Waals surface area contributed by atoms with Crippen LogP contribution in [0.3, 0.4) is 0 Å². The molecule has 28 heavy (non-hydrogen) atoms. The van der Waals surface area contributed by atoms with Crippen molar-refractivity contribution in [2.24, 2.45) is 0 Å². The van der Waals surface area contributed by atoms with Crippen LogP contribution in [-0.2, 0) is 6.54 Å². The normalized spacial score (nSPS) is 16.5. The molecule has 2 aromatic carbocycles. The maximum absolute atomic E-state index is 6.10. The number of halogens is 1. The first-order valence-corrected chi connectivity index (χ1v) is 9.67.